The third-order valence-electron chi connectivity index (χ3n) is 6.30. The van der Waals surface area contributed by atoms with E-state index in [-0.39, 0.29) is 11.4 Å². The predicted molar refractivity (Wildman–Crippen MR) is 141 cm³/mol. The zero-order valence-electron chi connectivity index (χ0n) is 20.6. The van der Waals surface area contributed by atoms with Crippen molar-refractivity contribution in [2.75, 3.05) is 31.0 Å². The minimum atomic E-state index is -3.97. The number of hydrogen-bond donors (Lipinski definition) is 1. The molecule has 0 unspecified atom stereocenters. The smallest absolute Gasteiger partial charge is 0.264 e. The molecule has 36 heavy (non-hydrogen) atoms. The molecule has 1 heterocycles. The fourth-order valence-corrected chi connectivity index (χ4v) is 5.83. The number of methoxy groups -OCH3 is 1. The van der Waals surface area contributed by atoms with Crippen molar-refractivity contribution in [2.45, 2.75) is 37.2 Å². The van der Waals surface area contributed by atoms with E-state index in [0.29, 0.717) is 18.0 Å². The van der Waals surface area contributed by atoms with Crippen LogP contribution in [0.25, 0.3) is 0 Å². The first-order valence-corrected chi connectivity index (χ1v) is 13.7. The van der Waals surface area contributed by atoms with E-state index in [0.717, 1.165) is 29.5 Å². The summed E-state index contributed by atoms with van der Waals surface area (Å²) in [5, 5.41) is 2.89. The summed E-state index contributed by atoms with van der Waals surface area (Å²) in [5.74, 6) is 0.116. The Hall–Kier alpha value is -3.36. The molecular formula is C28H33N3O4S. The molecule has 0 aliphatic carbocycles. The molecule has 1 N–H and O–H groups in total. The average Bonchev–Trinajstić information content (AvgIpc) is 2.92. The molecule has 0 radical (unpaired) electrons. The van der Waals surface area contributed by atoms with Crippen LogP contribution in [0, 0.1) is 0 Å². The van der Waals surface area contributed by atoms with Gasteiger partial charge in [-0.25, -0.2) is 8.42 Å². The van der Waals surface area contributed by atoms with Crippen molar-refractivity contribution in [3.63, 3.8) is 0 Å². The topological polar surface area (TPSA) is 79.0 Å². The first-order chi connectivity index (χ1) is 17.5. The first kappa shape index (κ1) is 25.7. The molecule has 0 atom stereocenters. The van der Waals surface area contributed by atoms with Gasteiger partial charge in [-0.15, -0.1) is 0 Å². The Labute approximate surface area is 213 Å². The van der Waals surface area contributed by atoms with Crippen LogP contribution in [0.4, 0.5) is 5.69 Å². The highest BCUT2D eigenvalue weighted by Gasteiger charge is 2.27. The van der Waals surface area contributed by atoms with E-state index in [1.807, 2.05) is 12.1 Å². The maximum atomic E-state index is 13.5. The number of amides is 1. The highest BCUT2D eigenvalue weighted by atomic mass is 32.2. The molecule has 8 heteroatoms. The Balaban J connectivity index is 1.47. The van der Waals surface area contributed by atoms with Gasteiger partial charge in [0.2, 0.25) is 5.91 Å². The van der Waals surface area contributed by atoms with Crippen molar-refractivity contribution in [1.82, 2.24) is 10.2 Å². The number of sulfonamides is 1. The van der Waals surface area contributed by atoms with Gasteiger partial charge in [0.1, 0.15) is 12.3 Å². The van der Waals surface area contributed by atoms with Crippen LogP contribution >= 0.6 is 0 Å². The van der Waals surface area contributed by atoms with Crippen LogP contribution in [0.15, 0.2) is 83.8 Å². The van der Waals surface area contributed by atoms with Crippen molar-refractivity contribution in [1.29, 1.82) is 0 Å². The minimum absolute atomic E-state index is 0.117. The number of carbonyl (C=O) groups excluding carboxylic acids is 1. The monoisotopic (exact) mass is 507 g/mol. The molecule has 4 rings (SSSR count). The second-order valence-corrected chi connectivity index (χ2v) is 10.8. The summed E-state index contributed by atoms with van der Waals surface area (Å²) in [7, 11) is -2.45. The Morgan fingerprint density at radius 1 is 0.917 bits per heavy atom. The maximum absolute atomic E-state index is 13.5. The molecule has 0 saturated carbocycles. The second kappa shape index (κ2) is 12.1. The number of piperidine rings is 1. The van der Waals surface area contributed by atoms with Crippen molar-refractivity contribution >= 4 is 21.6 Å². The summed E-state index contributed by atoms with van der Waals surface area (Å²) in [4.78, 5) is 15.6. The van der Waals surface area contributed by atoms with Crippen molar-refractivity contribution in [3.05, 3.63) is 90.0 Å². The molecule has 1 fully saturated rings. The van der Waals surface area contributed by atoms with Gasteiger partial charge in [-0.3, -0.25) is 14.0 Å². The zero-order chi connectivity index (χ0) is 25.4. The minimum Gasteiger partial charge on any atom is -0.497 e. The van der Waals surface area contributed by atoms with E-state index in [2.05, 4.69) is 22.3 Å². The number of benzene rings is 3. The van der Waals surface area contributed by atoms with Crippen LogP contribution in [0.3, 0.4) is 0 Å². The Morgan fingerprint density at radius 2 is 1.64 bits per heavy atom. The van der Waals surface area contributed by atoms with Gasteiger partial charge in [-0.2, -0.15) is 0 Å². The van der Waals surface area contributed by atoms with Crippen LogP contribution in [0.2, 0.25) is 0 Å². The molecule has 3 aromatic carbocycles. The van der Waals surface area contributed by atoms with Gasteiger partial charge in [-0.1, -0.05) is 55.0 Å². The van der Waals surface area contributed by atoms with E-state index < -0.39 is 15.9 Å². The molecule has 3 aromatic rings. The maximum Gasteiger partial charge on any atom is 0.264 e. The Morgan fingerprint density at radius 3 is 2.39 bits per heavy atom. The van der Waals surface area contributed by atoms with Gasteiger partial charge in [0, 0.05) is 19.2 Å². The van der Waals surface area contributed by atoms with E-state index in [9.17, 15) is 13.2 Å². The van der Waals surface area contributed by atoms with E-state index in [4.69, 9.17) is 4.74 Å². The molecule has 0 bridgehead atoms. The van der Waals surface area contributed by atoms with Crippen LogP contribution in [0.5, 0.6) is 5.75 Å². The lowest BCUT2D eigenvalue weighted by molar-refractivity contribution is -0.119. The zero-order valence-corrected chi connectivity index (χ0v) is 21.4. The van der Waals surface area contributed by atoms with Crippen molar-refractivity contribution < 1.29 is 17.9 Å². The molecule has 190 valence electrons. The summed E-state index contributed by atoms with van der Waals surface area (Å²) < 4.78 is 33.3. The van der Waals surface area contributed by atoms with Crippen LogP contribution in [-0.2, 0) is 27.9 Å². The largest absolute Gasteiger partial charge is 0.497 e. The van der Waals surface area contributed by atoms with Gasteiger partial charge < -0.3 is 10.1 Å². The summed E-state index contributed by atoms with van der Waals surface area (Å²) in [6.07, 6.45) is 3.78. The predicted octanol–water partition coefficient (Wildman–Crippen LogP) is 4.19. The number of nitrogens with zero attached hydrogens (tertiary/aromatic N) is 2. The Kier molecular flexibility index (Phi) is 8.61. The molecule has 1 saturated heterocycles. The van der Waals surface area contributed by atoms with Gasteiger partial charge in [0.25, 0.3) is 10.0 Å². The normalized spacial score (nSPS) is 14.2. The molecule has 0 aromatic heterocycles. The molecule has 0 spiro atoms. The summed E-state index contributed by atoms with van der Waals surface area (Å²) in [6, 6.07) is 23.0. The van der Waals surface area contributed by atoms with Gasteiger partial charge in [0.05, 0.1) is 17.7 Å². The fourth-order valence-electron chi connectivity index (χ4n) is 4.40. The average molecular weight is 508 g/mol. The Bertz CT molecular complexity index is 1260. The number of rotatable bonds is 10. The quantitative estimate of drug-likeness (QED) is 0.445. The lowest BCUT2D eigenvalue weighted by atomic mass is 10.1. The first-order valence-electron chi connectivity index (χ1n) is 12.2. The van der Waals surface area contributed by atoms with E-state index >= 15 is 0 Å². The van der Waals surface area contributed by atoms with Crippen molar-refractivity contribution in [3.8, 4) is 5.75 Å². The van der Waals surface area contributed by atoms with Gasteiger partial charge in [0.15, 0.2) is 0 Å². The fraction of sp³-hybridized carbons (Fsp3) is 0.321. The standard InChI is InChI=1S/C28H33N3O4S/c1-35-26-13-9-12-25(19-26)31(36(33,34)27-14-4-2-5-15-27)22-28(32)29-20-23-10-8-11-24(18-23)21-30-16-6-3-7-17-30/h2,4-5,8-15,18-19H,3,6-7,16-17,20-22H2,1H3,(H,29,32). The van der Waals surface area contributed by atoms with Gasteiger partial charge >= 0.3 is 0 Å². The summed E-state index contributed by atoms with van der Waals surface area (Å²) >= 11 is 0. The number of nitrogens with one attached hydrogen (secondary N) is 1. The van der Waals surface area contributed by atoms with Crippen LogP contribution in [-0.4, -0.2) is 46.0 Å². The van der Waals surface area contributed by atoms with E-state index in [1.165, 1.54) is 44.1 Å². The molecule has 1 amide bonds. The molecule has 1 aliphatic heterocycles. The van der Waals surface area contributed by atoms with Crippen LogP contribution < -0.4 is 14.4 Å². The highest BCUT2D eigenvalue weighted by Crippen LogP contribution is 2.26. The van der Waals surface area contributed by atoms with Gasteiger partial charge in [-0.05, 0) is 61.3 Å². The second-order valence-electron chi connectivity index (χ2n) is 8.96. The number of ether oxygens (including phenoxy) is 1. The summed E-state index contributed by atoms with van der Waals surface area (Å²) in [5.41, 5.74) is 2.56. The molecular weight excluding hydrogens is 474 g/mol. The lowest BCUT2D eigenvalue weighted by Crippen LogP contribution is -2.40. The highest BCUT2D eigenvalue weighted by molar-refractivity contribution is 7.92. The summed E-state index contributed by atoms with van der Waals surface area (Å²) in [6.45, 7) is 3.12. The SMILES string of the molecule is COc1cccc(N(CC(=O)NCc2cccc(CN3CCCCC3)c2)S(=O)(=O)c2ccccc2)c1. The molecule has 7 nitrogen and oxygen atoms in total. The van der Waals surface area contributed by atoms with Crippen LogP contribution in [0.1, 0.15) is 30.4 Å². The van der Waals surface area contributed by atoms with Crippen molar-refractivity contribution in [2.24, 2.45) is 0 Å². The number of anilines is 1. The number of hydrogen-bond acceptors (Lipinski definition) is 5. The van der Waals surface area contributed by atoms with E-state index in [1.54, 1.807) is 42.5 Å². The number of carbonyl (C=O) groups is 1. The number of likely N-dealkylation sites (tertiary alicyclic amines) is 1. The third kappa shape index (κ3) is 6.65. The third-order valence-corrected chi connectivity index (χ3v) is 8.08. The lowest BCUT2D eigenvalue weighted by Gasteiger charge is -2.26. The molecule has 1 aliphatic rings.